The van der Waals surface area contributed by atoms with Crippen LogP contribution >= 0.6 is 0 Å². The van der Waals surface area contributed by atoms with Crippen LogP contribution < -0.4 is 5.19 Å². The lowest BCUT2D eigenvalue weighted by atomic mass is 9.85. The third kappa shape index (κ3) is 5.88. The molecule has 2 aliphatic carbocycles. The molecule has 2 atom stereocenters. The van der Waals surface area contributed by atoms with E-state index in [2.05, 4.69) is 140 Å². The van der Waals surface area contributed by atoms with E-state index >= 15 is 0 Å². The van der Waals surface area contributed by atoms with Crippen LogP contribution in [-0.2, 0) is 0 Å². The van der Waals surface area contributed by atoms with E-state index in [1.165, 1.54) is 38.6 Å². The van der Waals surface area contributed by atoms with Gasteiger partial charge < -0.3 is 0 Å². The summed E-state index contributed by atoms with van der Waals surface area (Å²) in [6.07, 6.45) is 24.6. The van der Waals surface area contributed by atoms with Crippen molar-refractivity contribution >= 4 is 38.7 Å². The first kappa shape index (κ1) is 23.1. The highest BCUT2D eigenvalue weighted by molar-refractivity contribution is 6.32. The van der Waals surface area contributed by atoms with Crippen LogP contribution in [-0.4, -0.2) is 10.2 Å². The Balaban J connectivity index is 1.47. The smallest absolute Gasteiger partial charge is 0.0384 e. The maximum Gasteiger partial charge on any atom is 0.0384 e. The average molecular weight is 469 g/mol. The van der Waals surface area contributed by atoms with E-state index < -0.39 is 0 Å². The molecule has 2 aliphatic rings. The minimum Gasteiger partial charge on any atom is -0.0836 e. The van der Waals surface area contributed by atoms with E-state index in [1.54, 1.807) is 0 Å². The van der Waals surface area contributed by atoms with Crippen LogP contribution in [0.1, 0.15) is 35.1 Å². The topological polar surface area (TPSA) is 0 Å². The van der Waals surface area contributed by atoms with E-state index in [0.717, 1.165) is 23.1 Å². The van der Waals surface area contributed by atoms with Gasteiger partial charge in [-0.05, 0) is 46.2 Å². The number of allylic oxidation sites excluding steroid dienone is 10. The zero-order valence-corrected chi connectivity index (χ0v) is 22.3. The number of hydrogen-bond donors (Lipinski definition) is 0. The van der Waals surface area contributed by atoms with Crippen LogP contribution in [0.3, 0.4) is 0 Å². The first-order chi connectivity index (χ1) is 17.3. The first-order valence-corrected chi connectivity index (χ1v) is 13.6. The number of benzene rings is 3. The molecule has 0 amide bonds. The van der Waals surface area contributed by atoms with Crippen LogP contribution in [0.15, 0.2) is 127 Å². The second-order valence-corrected chi connectivity index (χ2v) is 10.6. The van der Waals surface area contributed by atoms with Gasteiger partial charge in [-0.1, -0.05) is 145 Å². The summed E-state index contributed by atoms with van der Waals surface area (Å²) in [5.74, 6) is 0.819. The van der Waals surface area contributed by atoms with Gasteiger partial charge in [-0.3, -0.25) is 0 Å². The SMILES string of the molecule is [SiH3]c1ccc(C(=Cc2ccc(C=C(c3ccccc3)C3C=CC=CC3)cc2)C2C=CC=CC2)cc1. The van der Waals surface area contributed by atoms with Crippen LogP contribution in [0.5, 0.6) is 0 Å². The van der Waals surface area contributed by atoms with Crippen LogP contribution in [0.4, 0.5) is 0 Å². The van der Waals surface area contributed by atoms with Gasteiger partial charge in [0.15, 0.2) is 0 Å². The normalized spacial score (nSPS) is 19.9. The Kier molecular flexibility index (Phi) is 7.36. The molecule has 2 unspecified atom stereocenters. The summed E-state index contributed by atoms with van der Waals surface area (Å²) >= 11 is 0. The third-order valence-corrected chi connectivity index (χ3v) is 7.50. The second-order valence-electron chi connectivity index (χ2n) is 9.41. The summed E-state index contributed by atoms with van der Waals surface area (Å²) in [5, 5.41) is 1.43. The van der Waals surface area contributed by atoms with Crippen molar-refractivity contribution < 1.29 is 0 Å². The lowest BCUT2D eigenvalue weighted by Crippen LogP contribution is -2.05. The highest BCUT2D eigenvalue weighted by Gasteiger charge is 2.15. The highest BCUT2D eigenvalue weighted by atomic mass is 28.1. The zero-order chi connectivity index (χ0) is 23.9. The van der Waals surface area contributed by atoms with E-state index in [4.69, 9.17) is 0 Å². The van der Waals surface area contributed by atoms with Crippen LogP contribution in [0, 0.1) is 11.8 Å². The molecule has 0 aromatic heterocycles. The van der Waals surface area contributed by atoms with E-state index in [-0.39, 0.29) is 0 Å². The quantitative estimate of drug-likeness (QED) is 0.269. The fourth-order valence-electron chi connectivity index (χ4n) is 4.86. The van der Waals surface area contributed by atoms with Crippen molar-refractivity contribution in [2.75, 3.05) is 0 Å². The van der Waals surface area contributed by atoms with Gasteiger partial charge in [0.2, 0.25) is 0 Å². The van der Waals surface area contributed by atoms with Crippen LogP contribution in [0.25, 0.3) is 23.3 Å². The number of rotatable bonds is 6. The molecule has 35 heavy (non-hydrogen) atoms. The van der Waals surface area contributed by atoms with Crippen molar-refractivity contribution in [2.45, 2.75) is 12.8 Å². The monoisotopic (exact) mass is 468 g/mol. The maximum absolute atomic E-state index is 2.37. The molecule has 0 N–H and O–H groups in total. The lowest BCUT2D eigenvalue weighted by molar-refractivity contribution is 0.846. The first-order valence-electron chi connectivity index (χ1n) is 12.6. The summed E-state index contributed by atoms with van der Waals surface area (Å²) in [6, 6.07) is 28.9. The fourth-order valence-corrected chi connectivity index (χ4v) is 5.19. The van der Waals surface area contributed by atoms with Crippen molar-refractivity contribution in [1.82, 2.24) is 0 Å². The van der Waals surface area contributed by atoms with E-state index in [1.807, 2.05) is 0 Å². The molecule has 5 rings (SSSR count). The summed E-state index contributed by atoms with van der Waals surface area (Å²) in [5.41, 5.74) is 7.87. The summed E-state index contributed by atoms with van der Waals surface area (Å²) < 4.78 is 0. The fraction of sp³-hybridized carbons (Fsp3) is 0.118. The van der Waals surface area contributed by atoms with Gasteiger partial charge in [-0.2, -0.15) is 0 Å². The van der Waals surface area contributed by atoms with Crippen molar-refractivity contribution in [3.05, 3.63) is 150 Å². The lowest BCUT2D eigenvalue weighted by Gasteiger charge is -2.19. The molecule has 1 heteroatoms. The summed E-state index contributed by atoms with van der Waals surface area (Å²) in [4.78, 5) is 0. The predicted molar refractivity (Wildman–Crippen MR) is 157 cm³/mol. The molecule has 0 spiro atoms. The molecule has 0 aliphatic heterocycles. The molecule has 0 fully saturated rings. The second kappa shape index (κ2) is 11.2. The Morgan fingerprint density at radius 1 is 0.571 bits per heavy atom. The van der Waals surface area contributed by atoms with Gasteiger partial charge in [0, 0.05) is 22.1 Å². The minimum atomic E-state index is 0.407. The highest BCUT2D eigenvalue weighted by Crippen LogP contribution is 2.33. The van der Waals surface area contributed by atoms with Crippen molar-refractivity contribution in [2.24, 2.45) is 11.8 Å². The van der Waals surface area contributed by atoms with Gasteiger partial charge >= 0.3 is 0 Å². The van der Waals surface area contributed by atoms with Gasteiger partial charge in [-0.25, -0.2) is 0 Å². The summed E-state index contributed by atoms with van der Waals surface area (Å²) in [6.45, 7) is 0. The Bertz CT molecular complexity index is 1310. The molecule has 3 aromatic carbocycles. The van der Waals surface area contributed by atoms with Crippen molar-refractivity contribution in [3.63, 3.8) is 0 Å². The molecule has 172 valence electrons. The molecule has 0 heterocycles. The molecule has 0 bridgehead atoms. The Hall–Kier alpha value is -3.68. The molecule has 0 nitrogen and oxygen atoms in total. The maximum atomic E-state index is 2.37. The molecule has 0 saturated heterocycles. The minimum absolute atomic E-state index is 0.407. The Morgan fingerprint density at radius 2 is 1.06 bits per heavy atom. The van der Waals surface area contributed by atoms with E-state index in [9.17, 15) is 0 Å². The van der Waals surface area contributed by atoms with E-state index in [0.29, 0.717) is 11.8 Å². The third-order valence-electron chi connectivity index (χ3n) is 6.83. The van der Waals surface area contributed by atoms with Gasteiger partial charge in [0.1, 0.15) is 0 Å². The van der Waals surface area contributed by atoms with Gasteiger partial charge in [0.25, 0.3) is 0 Å². The largest absolute Gasteiger partial charge is 0.0836 e. The standard InChI is InChI=1S/C34H32Si/c35-32-22-20-31(21-23-32)34(30-14-8-3-9-15-30)25-27-18-16-26(17-19-27)24-33(28-10-4-1-5-11-28)29-12-6-2-7-13-29/h1-12,14,16-25,29-30H,13,15H2,35H3. The van der Waals surface area contributed by atoms with Crippen molar-refractivity contribution in [3.8, 4) is 0 Å². The number of hydrogen-bond acceptors (Lipinski definition) is 0. The van der Waals surface area contributed by atoms with Gasteiger partial charge in [-0.15, -0.1) is 0 Å². The Labute approximate surface area is 212 Å². The molecule has 0 saturated carbocycles. The molecular weight excluding hydrogens is 436 g/mol. The zero-order valence-electron chi connectivity index (χ0n) is 20.3. The average Bonchev–Trinajstić information content (AvgIpc) is 2.93. The van der Waals surface area contributed by atoms with Crippen molar-refractivity contribution in [1.29, 1.82) is 0 Å². The molecule has 0 radical (unpaired) electrons. The van der Waals surface area contributed by atoms with Crippen LogP contribution in [0.2, 0.25) is 0 Å². The molecule has 3 aromatic rings. The summed E-state index contributed by atoms with van der Waals surface area (Å²) in [7, 11) is 1.09. The predicted octanol–water partition coefficient (Wildman–Crippen LogP) is 7.02. The Morgan fingerprint density at radius 3 is 1.51 bits per heavy atom. The van der Waals surface area contributed by atoms with Gasteiger partial charge in [0.05, 0.1) is 0 Å². The molecular formula is C34H32Si.